The maximum atomic E-state index is 13.2. The molecule has 0 spiro atoms. The molecule has 0 aliphatic carbocycles. The summed E-state index contributed by atoms with van der Waals surface area (Å²) in [6, 6.07) is 8.24. The standard InChI is InChI=1S/C18H28N4O2P2/c19-9-1-5-13-25(23,14-6-2-10-20)17-18-26(24,15-7-3-11-21)16-8-4-12-22/h1-8,13-18H2. The van der Waals surface area contributed by atoms with Crippen LogP contribution in [0.2, 0.25) is 0 Å². The number of rotatable bonds is 15. The normalized spacial score (nSPS) is 11.1. The molecule has 0 rings (SSSR count). The topological polar surface area (TPSA) is 129 Å². The Balaban J connectivity index is 4.93. The second-order valence-corrected chi connectivity index (χ2v) is 13.4. The van der Waals surface area contributed by atoms with Gasteiger partial charge >= 0.3 is 0 Å². The zero-order valence-corrected chi connectivity index (χ0v) is 17.2. The molecule has 0 unspecified atom stereocenters. The van der Waals surface area contributed by atoms with Crippen LogP contribution in [0.5, 0.6) is 0 Å². The number of hydrogen-bond donors (Lipinski definition) is 0. The van der Waals surface area contributed by atoms with Crippen LogP contribution in [0.4, 0.5) is 0 Å². The summed E-state index contributed by atoms with van der Waals surface area (Å²) in [5, 5.41) is 34.8. The van der Waals surface area contributed by atoms with Crippen LogP contribution in [0.3, 0.4) is 0 Å². The summed E-state index contributed by atoms with van der Waals surface area (Å²) in [7, 11) is -5.12. The molecule has 8 heteroatoms. The van der Waals surface area contributed by atoms with E-state index in [-0.39, 0.29) is 0 Å². The molecule has 0 aromatic heterocycles. The molecular formula is C18H28N4O2P2. The first-order valence-corrected chi connectivity index (χ1v) is 13.6. The average Bonchev–Trinajstić information content (AvgIpc) is 2.61. The highest BCUT2D eigenvalue weighted by Crippen LogP contribution is 2.54. The number of nitrogens with zero attached hydrogens (tertiary/aromatic N) is 4. The van der Waals surface area contributed by atoms with E-state index in [2.05, 4.69) is 24.3 Å². The van der Waals surface area contributed by atoms with Gasteiger partial charge in [0, 0.05) is 62.7 Å². The van der Waals surface area contributed by atoms with Crippen LogP contribution in [-0.4, -0.2) is 37.0 Å². The lowest BCUT2D eigenvalue weighted by Gasteiger charge is -2.22. The lowest BCUT2D eigenvalue weighted by molar-refractivity contribution is 0.564. The molecule has 0 aliphatic heterocycles. The monoisotopic (exact) mass is 394 g/mol. The van der Waals surface area contributed by atoms with Crippen LogP contribution < -0.4 is 0 Å². The largest absolute Gasteiger partial charge is 0.324 e. The predicted octanol–water partition coefficient (Wildman–Crippen LogP) is 4.93. The van der Waals surface area contributed by atoms with E-state index in [1.807, 2.05) is 0 Å². The van der Waals surface area contributed by atoms with E-state index in [1.165, 1.54) is 0 Å². The van der Waals surface area contributed by atoms with Crippen molar-refractivity contribution in [2.45, 2.75) is 51.4 Å². The second kappa shape index (κ2) is 14.6. The summed E-state index contributed by atoms with van der Waals surface area (Å²) in [4.78, 5) is 0. The summed E-state index contributed by atoms with van der Waals surface area (Å²) in [5.74, 6) is 0. The third-order valence-corrected chi connectivity index (χ3v) is 11.3. The Morgan fingerprint density at radius 1 is 0.462 bits per heavy atom. The third kappa shape index (κ3) is 11.9. The van der Waals surface area contributed by atoms with Gasteiger partial charge in [0.15, 0.2) is 0 Å². The van der Waals surface area contributed by atoms with Crippen molar-refractivity contribution >= 4 is 14.3 Å². The fourth-order valence-electron chi connectivity index (χ4n) is 2.82. The van der Waals surface area contributed by atoms with Gasteiger partial charge in [-0.05, 0) is 25.7 Å². The number of nitriles is 4. The molecule has 6 nitrogen and oxygen atoms in total. The van der Waals surface area contributed by atoms with Gasteiger partial charge in [0.2, 0.25) is 0 Å². The molecule has 0 aliphatic rings. The molecule has 0 saturated carbocycles. The first-order chi connectivity index (χ1) is 12.4. The highest BCUT2D eigenvalue weighted by Gasteiger charge is 2.28. The SMILES string of the molecule is N#CCCCP(=O)(CCCC#N)CCP(=O)(CCCC#N)CCCC#N. The highest BCUT2D eigenvalue weighted by atomic mass is 31.2. The van der Waals surface area contributed by atoms with Gasteiger partial charge in [-0.25, -0.2) is 0 Å². The first-order valence-electron chi connectivity index (χ1n) is 9.07. The molecule has 0 atom stereocenters. The molecule has 0 radical (unpaired) electrons. The van der Waals surface area contributed by atoms with Crippen molar-refractivity contribution in [2.24, 2.45) is 0 Å². The Bertz CT molecular complexity index is 559. The van der Waals surface area contributed by atoms with E-state index < -0.39 is 14.3 Å². The van der Waals surface area contributed by atoms with Gasteiger partial charge in [0.1, 0.15) is 0 Å². The zero-order chi connectivity index (χ0) is 19.7. The molecule has 0 aromatic carbocycles. The number of unbranched alkanes of at least 4 members (excludes halogenated alkanes) is 4. The van der Waals surface area contributed by atoms with Gasteiger partial charge in [0.25, 0.3) is 0 Å². The Morgan fingerprint density at radius 2 is 0.692 bits per heavy atom. The van der Waals surface area contributed by atoms with E-state index >= 15 is 0 Å². The quantitative estimate of drug-likeness (QED) is 0.286. The summed E-state index contributed by atoms with van der Waals surface area (Å²) in [6.45, 7) is 0. The zero-order valence-electron chi connectivity index (χ0n) is 15.4. The summed E-state index contributed by atoms with van der Waals surface area (Å²) in [6.07, 6.45) is 6.25. The fraction of sp³-hybridized carbons (Fsp3) is 0.778. The van der Waals surface area contributed by atoms with Crippen molar-refractivity contribution in [3.8, 4) is 24.3 Å². The van der Waals surface area contributed by atoms with Gasteiger partial charge < -0.3 is 9.13 Å². The van der Waals surface area contributed by atoms with Crippen LogP contribution in [0.1, 0.15) is 51.4 Å². The van der Waals surface area contributed by atoms with E-state index in [1.54, 1.807) is 0 Å². The van der Waals surface area contributed by atoms with Crippen LogP contribution in [0.25, 0.3) is 0 Å². The summed E-state index contributed by atoms with van der Waals surface area (Å²) < 4.78 is 26.4. The van der Waals surface area contributed by atoms with Crippen molar-refractivity contribution in [3.63, 3.8) is 0 Å². The lowest BCUT2D eigenvalue weighted by atomic mass is 10.4. The van der Waals surface area contributed by atoms with Crippen LogP contribution >= 0.6 is 14.3 Å². The Kier molecular flexibility index (Phi) is 13.7. The van der Waals surface area contributed by atoms with E-state index in [4.69, 9.17) is 21.0 Å². The Labute approximate surface area is 157 Å². The van der Waals surface area contributed by atoms with Crippen molar-refractivity contribution in [2.75, 3.05) is 37.0 Å². The molecule has 0 amide bonds. The first kappa shape index (κ1) is 24.4. The Hall–Kier alpha value is -1.58. The van der Waals surface area contributed by atoms with E-state index in [0.29, 0.717) is 88.3 Å². The minimum Gasteiger partial charge on any atom is -0.324 e. The smallest absolute Gasteiger partial charge is 0.0882 e. The van der Waals surface area contributed by atoms with Crippen LogP contribution in [-0.2, 0) is 9.13 Å². The molecule has 26 heavy (non-hydrogen) atoms. The van der Waals surface area contributed by atoms with E-state index in [9.17, 15) is 9.13 Å². The van der Waals surface area contributed by atoms with Crippen molar-refractivity contribution in [1.82, 2.24) is 0 Å². The maximum Gasteiger partial charge on any atom is 0.0882 e. The average molecular weight is 394 g/mol. The van der Waals surface area contributed by atoms with E-state index in [0.717, 1.165) is 0 Å². The number of hydrogen-bond acceptors (Lipinski definition) is 6. The van der Waals surface area contributed by atoms with Gasteiger partial charge in [-0.15, -0.1) is 0 Å². The van der Waals surface area contributed by atoms with Crippen LogP contribution in [0.15, 0.2) is 0 Å². The van der Waals surface area contributed by atoms with Gasteiger partial charge in [-0.1, -0.05) is 0 Å². The summed E-state index contributed by atoms with van der Waals surface area (Å²) in [5.41, 5.74) is 0. The second-order valence-electron chi connectivity index (χ2n) is 6.50. The Morgan fingerprint density at radius 3 is 0.885 bits per heavy atom. The van der Waals surface area contributed by atoms with Gasteiger partial charge in [-0.2, -0.15) is 21.0 Å². The van der Waals surface area contributed by atoms with Gasteiger partial charge in [-0.3, -0.25) is 0 Å². The van der Waals surface area contributed by atoms with Crippen molar-refractivity contribution in [1.29, 1.82) is 21.0 Å². The maximum absolute atomic E-state index is 13.2. The minimum atomic E-state index is -2.56. The molecule has 0 N–H and O–H groups in total. The molecule has 0 aromatic rings. The van der Waals surface area contributed by atoms with Crippen molar-refractivity contribution < 1.29 is 9.13 Å². The van der Waals surface area contributed by atoms with Gasteiger partial charge in [0.05, 0.1) is 38.6 Å². The molecule has 142 valence electrons. The summed E-state index contributed by atoms with van der Waals surface area (Å²) >= 11 is 0. The molecular weight excluding hydrogens is 366 g/mol. The molecule has 0 heterocycles. The van der Waals surface area contributed by atoms with Crippen LogP contribution in [0, 0.1) is 45.3 Å². The molecule has 0 bridgehead atoms. The predicted molar refractivity (Wildman–Crippen MR) is 104 cm³/mol. The van der Waals surface area contributed by atoms with Crippen molar-refractivity contribution in [3.05, 3.63) is 0 Å². The third-order valence-electron chi connectivity index (χ3n) is 4.33. The highest BCUT2D eigenvalue weighted by molar-refractivity contribution is 7.67. The minimum absolute atomic E-state index is 0.351. The fourth-order valence-corrected chi connectivity index (χ4v) is 10.0. The molecule has 0 fully saturated rings. The lowest BCUT2D eigenvalue weighted by Crippen LogP contribution is -2.09. The molecule has 0 saturated heterocycles.